The lowest BCUT2D eigenvalue weighted by Gasteiger charge is -2.43. The third kappa shape index (κ3) is 3.65. The molecule has 0 unspecified atom stereocenters. The monoisotopic (exact) mass is 400 g/mol. The fraction of sp³-hybridized carbons (Fsp3) is 0.333. The Morgan fingerprint density at radius 2 is 1.97 bits per heavy atom. The molecule has 0 radical (unpaired) electrons. The molecule has 0 aromatic carbocycles. The fourth-order valence-electron chi connectivity index (χ4n) is 4.80. The largest absolute Gasteiger partial charge is 0.342 e. The van der Waals surface area contributed by atoms with Crippen molar-refractivity contribution in [3.8, 4) is 11.1 Å². The number of rotatable bonds is 4. The highest BCUT2D eigenvalue weighted by Crippen LogP contribution is 2.36. The molecule has 5 rings (SSSR count). The molecule has 2 atom stereocenters. The number of hydrogen-bond donors (Lipinski definition) is 0. The Kier molecular flexibility index (Phi) is 4.91. The topological polar surface area (TPSA) is 68.1 Å². The van der Waals surface area contributed by atoms with E-state index in [4.69, 9.17) is 0 Å². The van der Waals surface area contributed by atoms with E-state index in [1.165, 1.54) is 0 Å². The summed E-state index contributed by atoms with van der Waals surface area (Å²) >= 11 is 0. The predicted molar refractivity (Wildman–Crippen MR) is 114 cm³/mol. The van der Waals surface area contributed by atoms with Crippen molar-refractivity contribution in [2.75, 3.05) is 13.1 Å². The molecule has 5 heterocycles. The Labute approximate surface area is 175 Å². The number of amides is 1. The van der Waals surface area contributed by atoms with Gasteiger partial charge in [-0.05, 0) is 48.6 Å². The number of fused-ring (bicyclic) bond motifs is 4. The molecular weight excluding hydrogens is 376 g/mol. The number of nitrogens with zero attached hydrogens (tertiary/aromatic N) is 4. The number of pyridine rings is 3. The highest BCUT2D eigenvalue weighted by molar-refractivity contribution is 5.76. The van der Waals surface area contributed by atoms with Crippen LogP contribution in [0.3, 0.4) is 0 Å². The Hall–Kier alpha value is -3.28. The minimum Gasteiger partial charge on any atom is -0.342 e. The summed E-state index contributed by atoms with van der Waals surface area (Å²) in [4.78, 5) is 36.2. The molecule has 30 heavy (non-hydrogen) atoms. The zero-order valence-corrected chi connectivity index (χ0v) is 16.8. The average Bonchev–Trinajstić information content (AvgIpc) is 2.79. The zero-order chi connectivity index (χ0) is 20.5. The molecule has 2 aliphatic heterocycles. The SMILES string of the molecule is O=C(CCc1ccccn1)N1C[C@@H]2C[C@H](C1)c1cc(-c3cccnc3)cc(=O)n1C2. The number of carbonyl (C=O) groups is 1. The Morgan fingerprint density at radius 3 is 2.77 bits per heavy atom. The fourth-order valence-corrected chi connectivity index (χ4v) is 4.80. The van der Waals surface area contributed by atoms with Crippen molar-refractivity contribution < 1.29 is 4.79 Å². The van der Waals surface area contributed by atoms with Crippen LogP contribution in [0.25, 0.3) is 11.1 Å². The first-order chi connectivity index (χ1) is 14.7. The molecule has 1 fully saturated rings. The van der Waals surface area contributed by atoms with E-state index >= 15 is 0 Å². The van der Waals surface area contributed by atoms with Gasteiger partial charge >= 0.3 is 0 Å². The van der Waals surface area contributed by atoms with Gasteiger partial charge in [0.05, 0.1) is 0 Å². The zero-order valence-electron chi connectivity index (χ0n) is 16.8. The summed E-state index contributed by atoms with van der Waals surface area (Å²) < 4.78 is 1.91. The summed E-state index contributed by atoms with van der Waals surface area (Å²) in [6.07, 6.45) is 7.44. The lowest BCUT2D eigenvalue weighted by Crippen LogP contribution is -2.49. The molecule has 2 aliphatic rings. The van der Waals surface area contributed by atoms with Crippen molar-refractivity contribution >= 4 is 5.91 Å². The minimum absolute atomic E-state index is 0.0379. The third-order valence-corrected chi connectivity index (χ3v) is 6.23. The summed E-state index contributed by atoms with van der Waals surface area (Å²) in [5.74, 6) is 0.701. The van der Waals surface area contributed by atoms with Crippen molar-refractivity contribution in [1.82, 2.24) is 19.4 Å². The molecule has 1 amide bonds. The third-order valence-electron chi connectivity index (χ3n) is 6.23. The van der Waals surface area contributed by atoms with E-state index < -0.39 is 0 Å². The van der Waals surface area contributed by atoms with Gasteiger partial charge in [0.2, 0.25) is 5.91 Å². The van der Waals surface area contributed by atoms with Gasteiger partial charge in [0.1, 0.15) is 0 Å². The van der Waals surface area contributed by atoms with Crippen LogP contribution in [0, 0.1) is 5.92 Å². The van der Waals surface area contributed by atoms with Gasteiger partial charge < -0.3 is 9.47 Å². The Balaban J connectivity index is 1.36. The molecule has 0 N–H and O–H groups in total. The number of likely N-dealkylation sites (tertiary alicyclic amines) is 1. The Bertz CT molecular complexity index is 1110. The van der Waals surface area contributed by atoms with Gasteiger partial charge in [0, 0.05) is 73.6 Å². The highest BCUT2D eigenvalue weighted by atomic mass is 16.2. The van der Waals surface area contributed by atoms with E-state index in [0.717, 1.165) is 35.5 Å². The van der Waals surface area contributed by atoms with E-state index in [-0.39, 0.29) is 17.4 Å². The van der Waals surface area contributed by atoms with E-state index in [1.54, 1.807) is 24.7 Å². The number of piperidine rings is 1. The summed E-state index contributed by atoms with van der Waals surface area (Å²) in [7, 11) is 0. The molecule has 3 aromatic rings. The molecule has 3 aromatic heterocycles. The highest BCUT2D eigenvalue weighted by Gasteiger charge is 2.36. The first kappa shape index (κ1) is 18.7. The average molecular weight is 400 g/mol. The van der Waals surface area contributed by atoms with E-state index in [2.05, 4.69) is 16.0 Å². The van der Waals surface area contributed by atoms with Gasteiger partial charge in [0.25, 0.3) is 5.56 Å². The van der Waals surface area contributed by atoms with Gasteiger partial charge in [0.15, 0.2) is 0 Å². The van der Waals surface area contributed by atoms with E-state index in [1.807, 2.05) is 39.8 Å². The number of aromatic nitrogens is 3. The van der Waals surface area contributed by atoms with E-state index in [9.17, 15) is 9.59 Å². The molecule has 0 aliphatic carbocycles. The molecule has 0 saturated carbocycles. The van der Waals surface area contributed by atoms with Crippen LogP contribution >= 0.6 is 0 Å². The summed E-state index contributed by atoms with van der Waals surface area (Å²) in [5.41, 5.74) is 3.87. The second-order valence-corrected chi connectivity index (χ2v) is 8.28. The molecule has 0 spiro atoms. The Morgan fingerprint density at radius 1 is 1.03 bits per heavy atom. The normalized spacial score (nSPS) is 19.9. The van der Waals surface area contributed by atoms with Crippen molar-refractivity contribution in [1.29, 1.82) is 0 Å². The first-order valence-corrected chi connectivity index (χ1v) is 10.5. The van der Waals surface area contributed by atoms with Gasteiger partial charge in [-0.2, -0.15) is 0 Å². The van der Waals surface area contributed by atoms with Crippen molar-refractivity contribution in [2.24, 2.45) is 5.92 Å². The second kappa shape index (κ2) is 7.86. The van der Waals surface area contributed by atoms with Crippen LogP contribution in [0.1, 0.15) is 30.1 Å². The van der Waals surface area contributed by atoms with Crippen LogP contribution in [0.4, 0.5) is 0 Å². The molecule has 6 heteroatoms. The number of carbonyl (C=O) groups excluding carboxylic acids is 1. The van der Waals surface area contributed by atoms with Crippen LogP contribution in [-0.2, 0) is 17.8 Å². The van der Waals surface area contributed by atoms with Crippen molar-refractivity contribution in [2.45, 2.75) is 31.7 Å². The molecular formula is C24H24N4O2. The smallest absolute Gasteiger partial charge is 0.251 e. The summed E-state index contributed by atoms with van der Waals surface area (Å²) in [6, 6.07) is 13.5. The molecule has 2 bridgehead atoms. The summed E-state index contributed by atoms with van der Waals surface area (Å²) in [5, 5.41) is 0. The van der Waals surface area contributed by atoms with E-state index in [0.29, 0.717) is 31.8 Å². The van der Waals surface area contributed by atoms with Gasteiger partial charge in [-0.1, -0.05) is 12.1 Å². The van der Waals surface area contributed by atoms with Gasteiger partial charge in [-0.25, -0.2) is 0 Å². The standard InChI is InChI=1S/C24H24N4O2/c29-23(7-6-21-5-1-2-9-26-21)27-14-17-10-20(16-27)22-11-19(12-24(30)28(22)15-17)18-4-3-8-25-13-18/h1-5,8-9,11-13,17,20H,6-7,10,14-16H2/t17-,20+/m0/s1. The quantitative estimate of drug-likeness (QED) is 0.675. The number of hydrogen-bond acceptors (Lipinski definition) is 4. The van der Waals surface area contributed by atoms with Crippen LogP contribution in [0.15, 0.2) is 65.8 Å². The first-order valence-electron chi connectivity index (χ1n) is 10.5. The van der Waals surface area contributed by atoms with Crippen molar-refractivity contribution in [3.05, 3.63) is 82.8 Å². The lowest BCUT2D eigenvalue weighted by atomic mass is 9.82. The summed E-state index contributed by atoms with van der Waals surface area (Å²) in [6.45, 7) is 2.09. The minimum atomic E-state index is 0.0379. The maximum atomic E-state index is 12.9. The molecule has 152 valence electrons. The molecule has 6 nitrogen and oxygen atoms in total. The van der Waals surface area contributed by atoms with Crippen LogP contribution in [0.5, 0.6) is 0 Å². The van der Waals surface area contributed by atoms with Crippen LogP contribution < -0.4 is 5.56 Å². The number of aryl methyl sites for hydroxylation is 1. The maximum Gasteiger partial charge on any atom is 0.251 e. The van der Waals surface area contributed by atoms with Crippen LogP contribution in [0.2, 0.25) is 0 Å². The predicted octanol–water partition coefficient (Wildman–Crippen LogP) is 2.88. The van der Waals surface area contributed by atoms with Gasteiger partial charge in [-0.15, -0.1) is 0 Å². The molecule has 1 saturated heterocycles. The lowest BCUT2D eigenvalue weighted by molar-refractivity contribution is -0.133. The van der Waals surface area contributed by atoms with Crippen molar-refractivity contribution in [3.63, 3.8) is 0 Å². The van der Waals surface area contributed by atoms with Crippen LogP contribution in [-0.4, -0.2) is 38.4 Å². The second-order valence-electron chi connectivity index (χ2n) is 8.28. The van der Waals surface area contributed by atoms with Gasteiger partial charge in [-0.3, -0.25) is 19.6 Å². The maximum absolute atomic E-state index is 12.9.